The predicted octanol–water partition coefficient (Wildman–Crippen LogP) is 3.74. The van der Waals surface area contributed by atoms with Crippen molar-refractivity contribution in [3.8, 4) is 5.75 Å². The van der Waals surface area contributed by atoms with Gasteiger partial charge in [0.15, 0.2) is 5.78 Å². The zero-order valence-corrected chi connectivity index (χ0v) is 16.9. The SMILES string of the molecule is O=C1CC(=O)C(N2CCOC(c3cccc4c3Sc3ccc(O)cc3S4)C2)=CO1. The van der Waals surface area contributed by atoms with E-state index in [0.29, 0.717) is 25.4 Å². The maximum absolute atomic E-state index is 12.3. The Hall–Kier alpha value is -2.42. The molecular formula is C21H17NO5S2. The molecule has 1 saturated heterocycles. The molecule has 5 rings (SSSR count). The number of Topliss-reactive ketones (excluding diaryl/α,β-unsaturated/α-hetero) is 1. The standard InChI is InChI=1S/C21H17NO5S2/c23-12-4-5-17-19(8-12)28-18-3-1-2-13(21(18)29-17)16-10-22(6-7-26-16)14-11-27-20(25)9-15(14)24/h1-5,8,11,16,23H,6-7,9-10H2. The van der Waals surface area contributed by atoms with Crippen molar-refractivity contribution < 1.29 is 24.2 Å². The van der Waals surface area contributed by atoms with Crippen LogP contribution in [-0.2, 0) is 19.1 Å². The fourth-order valence-electron chi connectivity index (χ4n) is 3.62. The predicted molar refractivity (Wildman–Crippen MR) is 107 cm³/mol. The van der Waals surface area contributed by atoms with Gasteiger partial charge in [-0.25, -0.2) is 0 Å². The van der Waals surface area contributed by atoms with Crippen molar-refractivity contribution >= 4 is 35.3 Å². The van der Waals surface area contributed by atoms with E-state index in [1.807, 2.05) is 17.0 Å². The number of benzene rings is 2. The molecule has 29 heavy (non-hydrogen) atoms. The van der Waals surface area contributed by atoms with E-state index >= 15 is 0 Å². The molecule has 2 aromatic carbocycles. The summed E-state index contributed by atoms with van der Waals surface area (Å²) < 4.78 is 11.0. The van der Waals surface area contributed by atoms with Crippen LogP contribution in [0.3, 0.4) is 0 Å². The first-order valence-electron chi connectivity index (χ1n) is 9.19. The lowest BCUT2D eigenvalue weighted by molar-refractivity contribution is -0.143. The highest BCUT2D eigenvalue weighted by Crippen LogP contribution is 2.51. The number of fused-ring (bicyclic) bond motifs is 2. The van der Waals surface area contributed by atoms with Gasteiger partial charge in [-0.1, -0.05) is 35.7 Å². The van der Waals surface area contributed by atoms with E-state index in [1.165, 1.54) is 6.26 Å². The largest absolute Gasteiger partial charge is 0.508 e. The van der Waals surface area contributed by atoms with Crippen LogP contribution < -0.4 is 0 Å². The second-order valence-corrected chi connectivity index (χ2v) is 9.04. The van der Waals surface area contributed by atoms with E-state index < -0.39 is 5.97 Å². The molecular weight excluding hydrogens is 410 g/mol. The van der Waals surface area contributed by atoms with Crippen LogP contribution in [0.2, 0.25) is 0 Å². The highest BCUT2D eigenvalue weighted by molar-refractivity contribution is 8.05. The third-order valence-corrected chi connectivity index (χ3v) is 7.63. The van der Waals surface area contributed by atoms with Gasteiger partial charge in [-0.05, 0) is 29.8 Å². The average molecular weight is 428 g/mol. The molecule has 6 nitrogen and oxygen atoms in total. The number of ether oxygens (including phenoxy) is 2. The molecule has 0 radical (unpaired) electrons. The Morgan fingerprint density at radius 1 is 1.07 bits per heavy atom. The molecule has 8 heteroatoms. The van der Waals surface area contributed by atoms with Crippen LogP contribution in [0.4, 0.5) is 0 Å². The summed E-state index contributed by atoms with van der Waals surface area (Å²) >= 11 is 3.30. The summed E-state index contributed by atoms with van der Waals surface area (Å²) in [5.41, 5.74) is 1.51. The number of phenolic OH excluding ortho intramolecular Hbond substituents is 1. The molecule has 0 aliphatic carbocycles. The van der Waals surface area contributed by atoms with Gasteiger partial charge in [-0.15, -0.1) is 0 Å². The van der Waals surface area contributed by atoms with Crippen molar-refractivity contribution in [2.75, 3.05) is 19.7 Å². The number of ketones is 1. The Morgan fingerprint density at radius 3 is 2.83 bits per heavy atom. The summed E-state index contributed by atoms with van der Waals surface area (Å²) in [7, 11) is 0. The van der Waals surface area contributed by atoms with Crippen molar-refractivity contribution in [2.45, 2.75) is 32.1 Å². The Morgan fingerprint density at radius 2 is 1.97 bits per heavy atom. The number of nitrogens with zero attached hydrogens (tertiary/aromatic N) is 1. The minimum atomic E-state index is -0.515. The second-order valence-electron chi connectivity index (χ2n) is 6.91. The lowest BCUT2D eigenvalue weighted by atomic mass is 10.1. The summed E-state index contributed by atoms with van der Waals surface area (Å²) in [6.45, 7) is 1.57. The molecule has 2 aromatic rings. The van der Waals surface area contributed by atoms with Gasteiger partial charge in [0.05, 0.1) is 6.61 Å². The molecule has 1 N–H and O–H groups in total. The van der Waals surface area contributed by atoms with Gasteiger partial charge >= 0.3 is 5.97 Å². The van der Waals surface area contributed by atoms with E-state index in [1.54, 1.807) is 35.7 Å². The molecule has 0 amide bonds. The van der Waals surface area contributed by atoms with E-state index in [9.17, 15) is 14.7 Å². The topological polar surface area (TPSA) is 76.1 Å². The minimum Gasteiger partial charge on any atom is -0.508 e. The number of morpholine rings is 1. The first-order chi connectivity index (χ1) is 14.1. The molecule has 148 valence electrons. The molecule has 0 bridgehead atoms. The molecule has 0 aromatic heterocycles. The fourth-order valence-corrected chi connectivity index (χ4v) is 6.07. The lowest BCUT2D eigenvalue weighted by Gasteiger charge is -2.37. The highest BCUT2D eigenvalue weighted by Gasteiger charge is 2.32. The molecule has 3 aliphatic heterocycles. The summed E-state index contributed by atoms with van der Waals surface area (Å²) in [6, 6.07) is 11.5. The van der Waals surface area contributed by atoms with Gasteiger partial charge in [0.1, 0.15) is 30.2 Å². The zero-order chi connectivity index (χ0) is 20.0. The first-order valence-corrected chi connectivity index (χ1v) is 10.8. The second kappa shape index (κ2) is 7.44. The van der Waals surface area contributed by atoms with E-state index in [0.717, 1.165) is 25.1 Å². The average Bonchev–Trinajstić information content (AvgIpc) is 2.72. The third kappa shape index (κ3) is 3.52. The van der Waals surface area contributed by atoms with Gasteiger partial charge < -0.3 is 19.5 Å². The van der Waals surface area contributed by atoms with Crippen LogP contribution >= 0.6 is 23.5 Å². The first kappa shape index (κ1) is 18.6. The minimum absolute atomic E-state index is 0.197. The Bertz CT molecular complexity index is 1050. The monoisotopic (exact) mass is 427 g/mol. The number of hydrogen-bond acceptors (Lipinski definition) is 8. The molecule has 0 saturated carbocycles. The smallest absolute Gasteiger partial charge is 0.318 e. The summed E-state index contributed by atoms with van der Waals surface area (Å²) in [6.07, 6.45) is 0.853. The molecule has 1 fully saturated rings. The third-order valence-electron chi connectivity index (χ3n) is 5.02. The lowest BCUT2D eigenvalue weighted by Crippen LogP contribution is -2.41. The number of rotatable bonds is 2. The number of phenols is 1. The molecule has 3 heterocycles. The summed E-state index contributed by atoms with van der Waals surface area (Å²) in [5.74, 6) is -0.469. The number of aromatic hydroxyl groups is 1. The van der Waals surface area contributed by atoms with E-state index in [2.05, 4.69) is 12.1 Å². The number of hydrogen-bond donors (Lipinski definition) is 1. The van der Waals surface area contributed by atoms with Gasteiger partial charge in [0.25, 0.3) is 0 Å². The van der Waals surface area contributed by atoms with Gasteiger partial charge in [-0.3, -0.25) is 9.59 Å². The molecule has 3 aliphatic rings. The number of carbonyl (C=O) groups excluding carboxylic acids is 2. The van der Waals surface area contributed by atoms with Crippen molar-refractivity contribution in [2.24, 2.45) is 0 Å². The molecule has 1 unspecified atom stereocenters. The maximum atomic E-state index is 12.3. The number of cyclic esters (lactones) is 1. The Kier molecular flexibility index (Phi) is 4.77. The van der Waals surface area contributed by atoms with E-state index in [-0.39, 0.29) is 24.1 Å². The van der Waals surface area contributed by atoms with Crippen molar-refractivity contribution in [1.29, 1.82) is 0 Å². The van der Waals surface area contributed by atoms with Crippen LogP contribution in [0.25, 0.3) is 0 Å². The quantitative estimate of drug-likeness (QED) is 0.490. The maximum Gasteiger partial charge on any atom is 0.318 e. The van der Waals surface area contributed by atoms with E-state index in [4.69, 9.17) is 9.47 Å². The normalized spacial score (nSPS) is 21.2. The molecule has 1 atom stereocenters. The van der Waals surface area contributed by atoms with Gasteiger partial charge in [0.2, 0.25) is 0 Å². The number of allylic oxidation sites excluding steroid dienone is 1. The fraction of sp³-hybridized carbons (Fsp3) is 0.238. The Labute approximate surface area is 175 Å². The van der Waals surface area contributed by atoms with Crippen LogP contribution in [0.15, 0.2) is 67.9 Å². The van der Waals surface area contributed by atoms with Crippen molar-refractivity contribution in [1.82, 2.24) is 4.90 Å². The van der Waals surface area contributed by atoms with Crippen molar-refractivity contribution in [3.63, 3.8) is 0 Å². The van der Waals surface area contributed by atoms with Crippen molar-refractivity contribution in [3.05, 3.63) is 53.9 Å². The van der Waals surface area contributed by atoms with Crippen LogP contribution in [0.5, 0.6) is 5.75 Å². The van der Waals surface area contributed by atoms with Gasteiger partial charge in [0, 0.05) is 32.7 Å². The Balaban J connectivity index is 1.43. The zero-order valence-electron chi connectivity index (χ0n) is 15.3. The van der Waals surface area contributed by atoms with Gasteiger partial charge in [-0.2, -0.15) is 0 Å². The van der Waals surface area contributed by atoms with Crippen LogP contribution in [0, 0.1) is 0 Å². The number of esters is 1. The van der Waals surface area contributed by atoms with Crippen LogP contribution in [-0.4, -0.2) is 41.5 Å². The summed E-state index contributed by atoms with van der Waals surface area (Å²) in [4.78, 5) is 29.9. The molecule has 0 spiro atoms. The summed E-state index contributed by atoms with van der Waals surface area (Å²) in [5, 5.41) is 9.77. The number of carbonyl (C=O) groups is 2. The van der Waals surface area contributed by atoms with Crippen LogP contribution in [0.1, 0.15) is 18.1 Å². The highest BCUT2D eigenvalue weighted by atomic mass is 32.2.